The van der Waals surface area contributed by atoms with Gasteiger partial charge in [0, 0.05) is 6.54 Å². The zero-order valence-electron chi connectivity index (χ0n) is 13.7. The molecule has 1 atom stereocenters. The quantitative estimate of drug-likeness (QED) is 0.651. The molecule has 9 heteroatoms. The highest BCUT2D eigenvalue weighted by Crippen LogP contribution is 2.12. The Morgan fingerprint density at radius 3 is 2.46 bits per heavy atom. The third kappa shape index (κ3) is 5.19. The van der Waals surface area contributed by atoms with Gasteiger partial charge in [0.05, 0.1) is 18.1 Å². The van der Waals surface area contributed by atoms with Crippen LogP contribution in [0.15, 0.2) is 53.1 Å². The van der Waals surface area contributed by atoms with Crippen molar-refractivity contribution in [3.8, 4) is 6.07 Å². The molecule has 8 nitrogen and oxygen atoms in total. The summed E-state index contributed by atoms with van der Waals surface area (Å²) in [4.78, 5) is 24.2. The Morgan fingerprint density at radius 1 is 1.12 bits per heavy atom. The maximum atomic E-state index is 12.7. The number of hydrogen-bond donors (Lipinski definition) is 2. The topological polar surface area (TPSA) is 129 Å². The predicted octanol–water partition coefficient (Wildman–Crippen LogP) is 0.633. The summed E-state index contributed by atoms with van der Waals surface area (Å²) in [6.45, 7) is -0.770. The first-order valence-electron chi connectivity index (χ1n) is 7.66. The third-order valence-electron chi connectivity index (χ3n) is 3.47. The number of nitriles is 1. The lowest BCUT2D eigenvalue weighted by Crippen LogP contribution is -2.47. The highest BCUT2D eigenvalue weighted by atomic mass is 32.2. The molecule has 136 valence electrons. The molecule has 1 aromatic carbocycles. The van der Waals surface area contributed by atoms with Crippen molar-refractivity contribution in [3.05, 3.63) is 60.1 Å². The van der Waals surface area contributed by atoms with E-state index in [-0.39, 0.29) is 18.1 Å². The first-order chi connectivity index (χ1) is 12.4. The standard InChI is InChI=1S/C17H17N3O5S/c18-8-9-19-17(22)15(11-20-16(21)14-7-4-10-25-14)26(23,24)12-13-5-2-1-3-6-13/h1-7,10,15H,9,11-12H2,(H,19,22)(H,20,21). The molecular formula is C17H17N3O5S. The molecule has 0 radical (unpaired) electrons. The SMILES string of the molecule is N#CCNC(=O)C(CNC(=O)c1ccco1)S(=O)(=O)Cc1ccccc1. The fourth-order valence-electron chi connectivity index (χ4n) is 2.21. The summed E-state index contributed by atoms with van der Waals surface area (Å²) in [6, 6.07) is 13.0. The third-order valence-corrected chi connectivity index (χ3v) is 5.45. The maximum absolute atomic E-state index is 12.7. The number of hydrogen-bond acceptors (Lipinski definition) is 6. The molecule has 0 bridgehead atoms. The Hall–Kier alpha value is -3.12. The number of sulfone groups is 1. The maximum Gasteiger partial charge on any atom is 0.287 e. The fraction of sp³-hybridized carbons (Fsp3) is 0.235. The summed E-state index contributed by atoms with van der Waals surface area (Å²) in [5, 5.41) is 11.7. The summed E-state index contributed by atoms with van der Waals surface area (Å²) in [7, 11) is -3.94. The second-order valence-electron chi connectivity index (χ2n) is 5.34. The molecule has 0 saturated carbocycles. The number of rotatable bonds is 8. The number of amides is 2. The molecule has 2 rings (SSSR count). The smallest absolute Gasteiger partial charge is 0.287 e. The van der Waals surface area contributed by atoms with Crippen LogP contribution in [-0.2, 0) is 20.4 Å². The molecule has 2 aromatic rings. The van der Waals surface area contributed by atoms with Gasteiger partial charge < -0.3 is 15.1 Å². The summed E-state index contributed by atoms with van der Waals surface area (Å²) in [6.07, 6.45) is 1.30. The van der Waals surface area contributed by atoms with Crippen molar-refractivity contribution < 1.29 is 22.4 Å². The molecule has 26 heavy (non-hydrogen) atoms. The highest BCUT2D eigenvalue weighted by molar-refractivity contribution is 7.92. The number of carbonyl (C=O) groups is 2. The van der Waals surface area contributed by atoms with Crippen LogP contribution in [0, 0.1) is 11.3 Å². The van der Waals surface area contributed by atoms with Crippen molar-refractivity contribution in [2.75, 3.05) is 13.1 Å². The normalized spacial score (nSPS) is 12.0. The minimum absolute atomic E-state index is 0.00152. The van der Waals surface area contributed by atoms with Gasteiger partial charge >= 0.3 is 0 Å². The van der Waals surface area contributed by atoms with Gasteiger partial charge in [-0.05, 0) is 17.7 Å². The van der Waals surface area contributed by atoms with Crippen molar-refractivity contribution in [1.82, 2.24) is 10.6 Å². The van der Waals surface area contributed by atoms with E-state index in [0.29, 0.717) is 5.56 Å². The van der Waals surface area contributed by atoms with Gasteiger partial charge in [0.25, 0.3) is 5.91 Å². The van der Waals surface area contributed by atoms with Crippen LogP contribution in [0.25, 0.3) is 0 Å². The predicted molar refractivity (Wildman–Crippen MR) is 92.5 cm³/mol. The second kappa shape index (κ2) is 8.82. The van der Waals surface area contributed by atoms with Gasteiger partial charge in [0.1, 0.15) is 6.54 Å². The van der Waals surface area contributed by atoms with Gasteiger partial charge in [-0.3, -0.25) is 9.59 Å². The van der Waals surface area contributed by atoms with Crippen LogP contribution in [-0.4, -0.2) is 38.6 Å². The largest absolute Gasteiger partial charge is 0.459 e. The monoisotopic (exact) mass is 375 g/mol. The number of nitrogens with zero attached hydrogens (tertiary/aromatic N) is 1. The number of furan rings is 1. The Labute approximate surface area is 150 Å². The van der Waals surface area contributed by atoms with Gasteiger partial charge in [-0.2, -0.15) is 5.26 Å². The van der Waals surface area contributed by atoms with Crippen molar-refractivity contribution in [2.45, 2.75) is 11.0 Å². The fourth-order valence-corrected chi connectivity index (χ4v) is 3.82. The number of nitrogens with one attached hydrogen (secondary N) is 2. The molecule has 0 aliphatic rings. The number of carbonyl (C=O) groups excluding carboxylic acids is 2. The molecule has 2 N–H and O–H groups in total. The Bertz CT molecular complexity index is 886. The van der Waals surface area contributed by atoms with Crippen LogP contribution in [0.5, 0.6) is 0 Å². The van der Waals surface area contributed by atoms with Gasteiger partial charge in [0.2, 0.25) is 5.91 Å². The van der Waals surface area contributed by atoms with Crippen LogP contribution >= 0.6 is 0 Å². The van der Waals surface area contributed by atoms with E-state index in [1.165, 1.54) is 18.4 Å². The van der Waals surface area contributed by atoms with E-state index in [4.69, 9.17) is 9.68 Å². The van der Waals surface area contributed by atoms with Crippen molar-refractivity contribution in [2.24, 2.45) is 0 Å². The number of benzene rings is 1. The van der Waals surface area contributed by atoms with Gasteiger partial charge in [0.15, 0.2) is 20.8 Å². The minimum atomic E-state index is -3.94. The van der Waals surface area contributed by atoms with E-state index in [0.717, 1.165) is 0 Å². The zero-order valence-corrected chi connectivity index (χ0v) is 14.5. The Kier molecular flexibility index (Phi) is 6.52. The molecule has 1 aromatic heterocycles. The molecule has 0 saturated heterocycles. The van der Waals surface area contributed by atoms with Gasteiger partial charge in [-0.1, -0.05) is 30.3 Å². The van der Waals surface area contributed by atoms with E-state index >= 15 is 0 Å². The second-order valence-corrected chi connectivity index (χ2v) is 7.53. The molecule has 0 fully saturated rings. The molecule has 1 unspecified atom stereocenters. The lowest BCUT2D eigenvalue weighted by Gasteiger charge is -2.17. The highest BCUT2D eigenvalue weighted by Gasteiger charge is 2.33. The first kappa shape index (κ1) is 19.2. The lowest BCUT2D eigenvalue weighted by atomic mass is 10.2. The van der Waals surface area contributed by atoms with E-state index in [2.05, 4.69) is 10.6 Å². The van der Waals surface area contributed by atoms with Crippen LogP contribution < -0.4 is 10.6 Å². The Balaban J connectivity index is 2.15. The van der Waals surface area contributed by atoms with Gasteiger partial charge in [-0.15, -0.1) is 0 Å². The Morgan fingerprint density at radius 2 is 1.85 bits per heavy atom. The molecular weight excluding hydrogens is 358 g/mol. The van der Waals surface area contributed by atoms with Gasteiger partial charge in [-0.25, -0.2) is 8.42 Å². The average molecular weight is 375 g/mol. The molecule has 0 aliphatic carbocycles. The van der Waals surface area contributed by atoms with E-state index in [1.807, 2.05) is 0 Å². The van der Waals surface area contributed by atoms with Crippen LogP contribution in [0.4, 0.5) is 0 Å². The first-order valence-corrected chi connectivity index (χ1v) is 9.37. The molecule has 1 heterocycles. The molecule has 0 aliphatic heterocycles. The lowest BCUT2D eigenvalue weighted by molar-refractivity contribution is -0.120. The average Bonchev–Trinajstić information content (AvgIpc) is 3.15. The summed E-state index contributed by atoms with van der Waals surface area (Å²) >= 11 is 0. The van der Waals surface area contributed by atoms with Crippen LogP contribution in [0.1, 0.15) is 16.1 Å². The summed E-state index contributed by atoms with van der Waals surface area (Å²) < 4.78 is 30.3. The van der Waals surface area contributed by atoms with Crippen molar-refractivity contribution in [3.63, 3.8) is 0 Å². The summed E-state index contributed by atoms with van der Waals surface area (Å²) in [5.41, 5.74) is 0.517. The zero-order chi connectivity index (χ0) is 19.0. The minimum Gasteiger partial charge on any atom is -0.459 e. The van der Waals surface area contributed by atoms with E-state index in [1.54, 1.807) is 36.4 Å². The van der Waals surface area contributed by atoms with Crippen LogP contribution in [0.3, 0.4) is 0 Å². The van der Waals surface area contributed by atoms with E-state index in [9.17, 15) is 18.0 Å². The van der Waals surface area contributed by atoms with E-state index < -0.39 is 33.4 Å². The molecule has 0 spiro atoms. The summed E-state index contributed by atoms with van der Waals surface area (Å²) in [5.74, 6) is -1.85. The molecule has 2 amide bonds. The van der Waals surface area contributed by atoms with Crippen LogP contribution in [0.2, 0.25) is 0 Å². The van der Waals surface area contributed by atoms with Crippen molar-refractivity contribution in [1.29, 1.82) is 5.26 Å². The van der Waals surface area contributed by atoms with Crippen molar-refractivity contribution >= 4 is 21.7 Å².